The third-order valence-corrected chi connectivity index (χ3v) is 2.82. The summed E-state index contributed by atoms with van der Waals surface area (Å²) in [6.45, 7) is 3.21. The zero-order valence-corrected chi connectivity index (χ0v) is 8.70. The molecule has 0 nitrogen and oxygen atoms in total. The van der Waals surface area contributed by atoms with Gasteiger partial charge in [0.2, 0.25) is 0 Å². The smallest absolute Gasteiger partial charge is 0.0962 e. The van der Waals surface area contributed by atoms with Gasteiger partial charge in [-0.25, -0.2) is 0 Å². The van der Waals surface area contributed by atoms with Crippen LogP contribution < -0.4 is 0 Å². The Morgan fingerprint density at radius 2 is 2.25 bits per heavy atom. The van der Waals surface area contributed by atoms with Crippen molar-refractivity contribution in [3.63, 3.8) is 0 Å². The maximum Gasteiger partial charge on any atom is 0.0962 e. The fraction of sp³-hybridized carbons (Fsp3) is 0.222. The minimum atomic E-state index is -0.450. The molecule has 1 aromatic carbocycles. The lowest BCUT2D eigenvalue weighted by molar-refractivity contribution is 0.465. The van der Waals surface area contributed by atoms with Crippen LogP contribution in [0.15, 0.2) is 22.7 Å². The van der Waals surface area contributed by atoms with Crippen LogP contribution in [0.5, 0.6) is 0 Å². The molecule has 0 aliphatic carbocycles. The minimum absolute atomic E-state index is 0.307. The molecule has 1 unspecified atom stereocenters. The summed E-state index contributed by atoms with van der Waals surface area (Å²) in [6, 6.07) is 5.30. The van der Waals surface area contributed by atoms with Gasteiger partial charge in [0.1, 0.15) is 0 Å². The van der Waals surface area contributed by atoms with E-state index in [-0.39, 0.29) is 5.92 Å². The predicted molar refractivity (Wildman–Crippen MR) is 53.2 cm³/mol. The molecule has 0 aliphatic heterocycles. The molecule has 0 heterocycles. The second-order valence-electron chi connectivity index (χ2n) is 2.52. The van der Waals surface area contributed by atoms with Gasteiger partial charge in [0.15, 0.2) is 0 Å². The van der Waals surface area contributed by atoms with Crippen molar-refractivity contribution in [2.45, 2.75) is 5.92 Å². The van der Waals surface area contributed by atoms with Gasteiger partial charge in [0.05, 0.1) is 11.7 Å². The van der Waals surface area contributed by atoms with Crippen LogP contribution >= 0.6 is 27.5 Å². The third kappa shape index (κ3) is 2.20. The molecule has 0 N–H and O–H groups in total. The molecule has 1 atom stereocenters. The Labute approximate surface area is 84.9 Å². The molecule has 1 aromatic rings. The van der Waals surface area contributed by atoms with Crippen LogP contribution in [0.4, 0.5) is 4.39 Å². The van der Waals surface area contributed by atoms with Gasteiger partial charge in [-0.05, 0) is 40.5 Å². The number of alkyl halides is 1. The Bertz CT molecular complexity index is 275. The van der Waals surface area contributed by atoms with Crippen molar-refractivity contribution >= 4 is 27.5 Å². The van der Waals surface area contributed by atoms with E-state index in [1.54, 1.807) is 18.2 Å². The lowest BCUT2D eigenvalue weighted by atomic mass is 10.0. The Morgan fingerprint density at radius 3 is 2.75 bits per heavy atom. The van der Waals surface area contributed by atoms with Crippen molar-refractivity contribution in [2.75, 3.05) is 6.67 Å². The first kappa shape index (κ1) is 10.0. The van der Waals surface area contributed by atoms with E-state index in [2.05, 4.69) is 22.9 Å². The van der Waals surface area contributed by atoms with Gasteiger partial charge in [-0.15, -0.1) is 0 Å². The molecule has 0 amide bonds. The van der Waals surface area contributed by atoms with E-state index >= 15 is 0 Å². The fourth-order valence-electron chi connectivity index (χ4n) is 0.855. The molecule has 12 heavy (non-hydrogen) atoms. The summed E-state index contributed by atoms with van der Waals surface area (Å²) in [4.78, 5) is 0. The van der Waals surface area contributed by atoms with E-state index in [0.717, 1.165) is 10.0 Å². The van der Waals surface area contributed by atoms with Gasteiger partial charge in [0.25, 0.3) is 0 Å². The molecule has 0 aliphatic rings. The highest BCUT2D eigenvalue weighted by atomic mass is 79.9. The molecule has 0 bridgehead atoms. The van der Waals surface area contributed by atoms with E-state index < -0.39 is 6.67 Å². The Kier molecular flexibility index (Phi) is 3.53. The van der Waals surface area contributed by atoms with Crippen LogP contribution in [-0.2, 0) is 0 Å². The van der Waals surface area contributed by atoms with Gasteiger partial charge in [0, 0.05) is 10.4 Å². The fourth-order valence-corrected chi connectivity index (χ4v) is 1.37. The summed E-state index contributed by atoms with van der Waals surface area (Å²) in [5, 5.41) is 0.629. The predicted octanol–water partition coefficient (Wildman–Crippen LogP) is 3.99. The molecular weight excluding hydrogens is 242 g/mol. The molecule has 1 rings (SSSR count). The maximum absolute atomic E-state index is 12.2. The monoisotopic (exact) mass is 249 g/mol. The molecule has 65 valence electrons. The highest BCUT2D eigenvalue weighted by molar-refractivity contribution is 9.10. The first-order valence-corrected chi connectivity index (χ1v) is 4.66. The van der Waals surface area contributed by atoms with E-state index in [4.69, 9.17) is 11.6 Å². The maximum atomic E-state index is 12.2. The van der Waals surface area contributed by atoms with Gasteiger partial charge in [-0.2, -0.15) is 0 Å². The molecule has 0 saturated carbocycles. The summed E-state index contributed by atoms with van der Waals surface area (Å²) in [5.74, 6) is -0.307. The third-order valence-electron chi connectivity index (χ3n) is 1.60. The van der Waals surface area contributed by atoms with Crippen LogP contribution in [0.1, 0.15) is 11.5 Å². The summed E-state index contributed by atoms with van der Waals surface area (Å²) in [6.07, 6.45) is 0. The van der Waals surface area contributed by atoms with Crippen LogP contribution in [0, 0.1) is 6.92 Å². The molecular formula is C9H8BrClF. The zero-order chi connectivity index (χ0) is 9.14. The van der Waals surface area contributed by atoms with Gasteiger partial charge in [-0.3, -0.25) is 4.39 Å². The summed E-state index contributed by atoms with van der Waals surface area (Å²) in [5.41, 5.74) is 0.855. The van der Waals surface area contributed by atoms with Gasteiger partial charge in [-0.1, -0.05) is 17.7 Å². The highest BCUT2D eigenvalue weighted by Crippen LogP contribution is 2.26. The highest BCUT2D eigenvalue weighted by Gasteiger charge is 2.06. The second-order valence-corrected chi connectivity index (χ2v) is 3.79. The van der Waals surface area contributed by atoms with Crippen molar-refractivity contribution < 1.29 is 4.39 Å². The van der Waals surface area contributed by atoms with E-state index in [1.807, 2.05) is 0 Å². The van der Waals surface area contributed by atoms with Crippen molar-refractivity contribution in [1.82, 2.24) is 0 Å². The standard InChI is InChI=1S/C9H8BrClF/c1-6(5-12)7-2-3-9(11)8(10)4-7/h2-4,6H,1,5H2. The zero-order valence-electron chi connectivity index (χ0n) is 6.36. The number of benzene rings is 1. The Hall–Kier alpha value is -0.0800. The molecule has 0 aromatic heterocycles. The van der Waals surface area contributed by atoms with Crippen molar-refractivity contribution in [3.8, 4) is 0 Å². The van der Waals surface area contributed by atoms with Crippen LogP contribution in [-0.4, -0.2) is 6.67 Å². The average Bonchev–Trinajstić information content (AvgIpc) is 2.08. The van der Waals surface area contributed by atoms with E-state index in [0.29, 0.717) is 5.02 Å². The quantitative estimate of drug-likeness (QED) is 0.744. The van der Waals surface area contributed by atoms with E-state index in [1.165, 1.54) is 0 Å². The lowest BCUT2D eigenvalue weighted by Gasteiger charge is -2.07. The van der Waals surface area contributed by atoms with Crippen molar-refractivity contribution in [3.05, 3.63) is 40.2 Å². The van der Waals surface area contributed by atoms with Crippen LogP contribution in [0.3, 0.4) is 0 Å². The van der Waals surface area contributed by atoms with Crippen molar-refractivity contribution in [1.29, 1.82) is 0 Å². The Morgan fingerprint density at radius 1 is 1.58 bits per heavy atom. The number of rotatable bonds is 2. The van der Waals surface area contributed by atoms with Crippen molar-refractivity contribution in [2.24, 2.45) is 0 Å². The van der Waals surface area contributed by atoms with Gasteiger partial charge >= 0.3 is 0 Å². The van der Waals surface area contributed by atoms with Crippen LogP contribution in [0.25, 0.3) is 0 Å². The minimum Gasteiger partial charge on any atom is -0.250 e. The molecule has 1 radical (unpaired) electrons. The van der Waals surface area contributed by atoms with Gasteiger partial charge < -0.3 is 0 Å². The lowest BCUT2D eigenvalue weighted by Crippen LogP contribution is -1.95. The SMILES string of the molecule is [CH2]C(CF)c1ccc(Cl)c(Br)c1. The van der Waals surface area contributed by atoms with E-state index in [9.17, 15) is 4.39 Å². The second kappa shape index (κ2) is 4.24. The molecule has 3 heteroatoms. The van der Waals surface area contributed by atoms with Crippen LogP contribution in [0.2, 0.25) is 5.02 Å². The molecule has 0 spiro atoms. The number of halogens is 3. The Balaban J connectivity index is 2.96. The largest absolute Gasteiger partial charge is 0.250 e. The normalized spacial score (nSPS) is 13.0. The molecule has 0 saturated heterocycles. The summed E-state index contributed by atoms with van der Waals surface area (Å²) >= 11 is 9.03. The first-order chi connectivity index (χ1) is 5.65. The topological polar surface area (TPSA) is 0 Å². The molecule has 0 fully saturated rings. The number of hydrogen-bond donors (Lipinski definition) is 0. The summed E-state index contributed by atoms with van der Waals surface area (Å²) in [7, 11) is 0. The first-order valence-electron chi connectivity index (χ1n) is 3.49. The summed E-state index contributed by atoms with van der Waals surface area (Å²) < 4.78 is 13.0. The average molecular weight is 251 g/mol. The number of hydrogen-bond acceptors (Lipinski definition) is 0.